The maximum absolute atomic E-state index is 11.8. The summed E-state index contributed by atoms with van der Waals surface area (Å²) in [7, 11) is 0. The van der Waals surface area contributed by atoms with E-state index in [1.807, 2.05) is 24.3 Å². The van der Waals surface area contributed by atoms with Crippen LogP contribution in [0.1, 0.15) is 25.3 Å². The van der Waals surface area contributed by atoms with E-state index < -0.39 is 5.97 Å². The normalized spacial score (nSPS) is 20.9. The second-order valence-electron chi connectivity index (χ2n) is 4.88. The molecule has 1 saturated carbocycles. The fourth-order valence-electron chi connectivity index (χ4n) is 2.32. The van der Waals surface area contributed by atoms with Gasteiger partial charge < -0.3 is 4.74 Å². The Hall–Kier alpha value is -1.35. The molecular formula is C15H17ClO3. The number of esters is 1. The van der Waals surface area contributed by atoms with Crippen LogP contribution in [-0.4, -0.2) is 18.4 Å². The molecule has 4 heteroatoms. The summed E-state index contributed by atoms with van der Waals surface area (Å²) in [4.78, 5) is 23.1. The number of benzene rings is 1. The Morgan fingerprint density at radius 3 is 2.89 bits per heavy atom. The van der Waals surface area contributed by atoms with Gasteiger partial charge in [-0.3, -0.25) is 9.59 Å². The number of halogens is 1. The summed E-state index contributed by atoms with van der Waals surface area (Å²) in [5.74, 6) is -0.0461. The number of hydrogen-bond donors (Lipinski definition) is 0. The van der Waals surface area contributed by atoms with E-state index in [0.717, 1.165) is 18.4 Å². The van der Waals surface area contributed by atoms with Gasteiger partial charge in [0.25, 0.3) is 0 Å². The summed E-state index contributed by atoms with van der Waals surface area (Å²) in [5, 5.41) is 0.715. The highest BCUT2D eigenvalue weighted by Crippen LogP contribution is 2.42. The average molecular weight is 281 g/mol. The van der Waals surface area contributed by atoms with Crippen LogP contribution >= 0.6 is 11.6 Å². The zero-order valence-corrected chi connectivity index (χ0v) is 11.7. The summed E-state index contributed by atoms with van der Waals surface area (Å²) in [5.41, 5.74) is 1.14. The number of Topliss-reactive ketones (excluding diaryl/α,β-unsaturated/α-hetero) is 1. The van der Waals surface area contributed by atoms with E-state index in [1.165, 1.54) is 0 Å². The van der Waals surface area contributed by atoms with Crippen molar-refractivity contribution in [3.63, 3.8) is 0 Å². The van der Waals surface area contributed by atoms with Crippen molar-refractivity contribution in [1.82, 2.24) is 0 Å². The minimum Gasteiger partial charge on any atom is -0.466 e. The molecule has 102 valence electrons. The van der Waals surface area contributed by atoms with E-state index >= 15 is 0 Å². The molecule has 0 aliphatic heterocycles. The van der Waals surface area contributed by atoms with Crippen LogP contribution in [0.15, 0.2) is 24.3 Å². The second-order valence-corrected chi connectivity index (χ2v) is 5.32. The zero-order valence-electron chi connectivity index (χ0n) is 10.9. The van der Waals surface area contributed by atoms with Gasteiger partial charge in [-0.25, -0.2) is 0 Å². The number of rotatable bonds is 6. The Morgan fingerprint density at radius 2 is 2.21 bits per heavy atom. The van der Waals surface area contributed by atoms with E-state index in [-0.39, 0.29) is 18.1 Å². The molecule has 0 aromatic heterocycles. The van der Waals surface area contributed by atoms with Gasteiger partial charge in [0.15, 0.2) is 0 Å². The molecule has 2 unspecified atom stereocenters. The number of ketones is 1. The second kappa shape index (κ2) is 6.20. The molecule has 0 bridgehead atoms. The Morgan fingerprint density at radius 1 is 1.42 bits per heavy atom. The highest BCUT2D eigenvalue weighted by molar-refractivity contribution is 6.30. The fraction of sp³-hybridized carbons (Fsp3) is 0.467. The maximum atomic E-state index is 11.8. The average Bonchev–Trinajstić information content (AvgIpc) is 3.08. The van der Waals surface area contributed by atoms with Gasteiger partial charge in [-0.2, -0.15) is 0 Å². The van der Waals surface area contributed by atoms with Crippen molar-refractivity contribution < 1.29 is 14.3 Å². The molecule has 1 fully saturated rings. The molecule has 2 rings (SSSR count). The molecule has 0 amide bonds. The van der Waals surface area contributed by atoms with Gasteiger partial charge in [-0.1, -0.05) is 23.7 Å². The minimum atomic E-state index is -0.416. The summed E-state index contributed by atoms with van der Waals surface area (Å²) >= 11 is 5.92. The van der Waals surface area contributed by atoms with E-state index in [2.05, 4.69) is 0 Å². The third-order valence-electron chi connectivity index (χ3n) is 3.35. The molecule has 19 heavy (non-hydrogen) atoms. The van der Waals surface area contributed by atoms with Crippen molar-refractivity contribution in [3.05, 3.63) is 34.9 Å². The molecular weight excluding hydrogens is 264 g/mol. The first-order valence-corrected chi connectivity index (χ1v) is 6.90. The van der Waals surface area contributed by atoms with Crippen LogP contribution in [0.5, 0.6) is 0 Å². The number of hydrogen-bond acceptors (Lipinski definition) is 3. The largest absolute Gasteiger partial charge is 0.466 e. The Balaban J connectivity index is 1.81. The summed E-state index contributed by atoms with van der Waals surface area (Å²) in [6, 6.07) is 7.68. The van der Waals surface area contributed by atoms with E-state index in [0.29, 0.717) is 17.5 Å². The van der Waals surface area contributed by atoms with Gasteiger partial charge in [0, 0.05) is 10.9 Å². The van der Waals surface area contributed by atoms with Crippen molar-refractivity contribution in [1.29, 1.82) is 0 Å². The molecule has 1 aromatic carbocycles. The van der Waals surface area contributed by atoms with Crippen molar-refractivity contribution in [2.24, 2.45) is 11.8 Å². The monoisotopic (exact) mass is 280 g/mol. The lowest BCUT2D eigenvalue weighted by Gasteiger charge is -2.02. The lowest BCUT2D eigenvalue weighted by atomic mass is 10.1. The third-order valence-corrected chi connectivity index (χ3v) is 3.58. The molecule has 3 nitrogen and oxygen atoms in total. The van der Waals surface area contributed by atoms with Crippen molar-refractivity contribution in [3.8, 4) is 0 Å². The number of carbonyl (C=O) groups is 2. The van der Waals surface area contributed by atoms with Gasteiger partial charge in [0.1, 0.15) is 12.2 Å². The Kier molecular flexibility index (Phi) is 4.59. The number of ether oxygens (including phenoxy) is 1. The predicted molar refractivity (Wildman–Crippen MR) is 73.0 cm³/mol. The molecule has 0 radical (unpaired) electrons. The lowest BCUT2D eigenvalue weighted by Crippen LogP contribution is -2.13. The molecule has 1 aliphatic rings. The van der Waals surface area contributed by atoms with Crippen LogP contribution in [0.3, 0.4) is 0 Å². The fourth-order valence-corrected chi connectivity index (χ4v) is 2.53. The van der Waals surface area contributed by atoms with Gasteiger partial charge in [0.05, 0.1) is 6.61 Å². The van der Waals surface area contributed by atoms with E-state index in [4.69, 9.17) is 16.3 Å². The molecule has 1 aromatic rings. The lowest BCUT2D eigenvalue weighted by molar-refractivity contribution is -0.145. The Labute approximate surface area is 117 Å². The molecule has 0 saturated heterocycles. The van der Waals surface area contributed by atoms with Gasteiger partial charge in [-0.05, 0) is 43.4 Å². The van der Waals surface area contributed by atoms with Gasteiger partial charge in [0.2, 0.25) is 0 Å². The molecule has 0 spiro atoms. The third kappa shape index (κ3) is 4.06. The van der Waals surface area contributed by atoms with Crippen LogP contribution in [0, 0.1) is 11.8 Å². The summed E-state index contributed by atoms with van der Waals surface area (Å²) in [6.45, 7) is 2.06. The number of carbonyl (C=O) groups excluding carboxylic acids is 2. The van der Waals surface area contributed by atoms with Crippen LogP contribution in [0.25, 0.3) is 0 Å². The molecule has 0 heterocycles. The highest BCUT2D eigenvalue weighted by atomic mass is 35.5. The molecule has 1 aliphatic carbocycles. The minimum absolute atomic E-state index is 0.00507. The Bertz CT molecular complexity index is 484. The zero-order chi connectivity index (χ0) is 13.8. The van der Waals surface area contributed by atoms with Crippen LogP contribution in [0.4, 0.5) is 0 Å². The van der Waals surface area contributed by atoms with Crippen molar-refractivity contribution >= 4 is 23.4 Å². The molecule has 2 atom stereocenters. The van der Waals surface area contributed by atoms with Crippen LogP contribution < -0.4 is 0 Å². The van der Waals surface area contributed by atoms with Crippen LogP contribution in [0.2, 0.25) is 5.02 Å². The SMILES string of the molecule is CCOC(=O)CC(=O)C1CC1Cc1cccc(Cl)c1. The van der Waals surface area contributed by atoms with Crippen LogP contribution in [-0.2, 0) is 20.7 Å². The van der Waals surface area contributed by atoms with Gasteiger partial charge >= 0.3 is 5.97 Å². The first-order chi connectivity index (χ1) is 9.10. The summed E-state index contributed by atoms with van der Waals surface area (Å²) in [6.07, 6.45) is 1.62. The predicted octanol–water partition coefficient (Wildman–Crippen LogP) is 3.04. The van der Waals surface area contributed by atoms with E-state index in [1.54, 1.807) is 6.92 Å². The maximum Gasteiger partial charge on any atom is 0.313 e. The topological polar surface area (TPSA) is 43.4 Å². The molecule has 0 N–H and O–H groups in total. The standard InChI is InChI=1S/C15H17ClO3/c1-2-19-15(18)9-14(17)13-8-11(13)6-10-4-3-5-12(16)7-10/h3-5,7,11,13H,2,6,8-9H2,1H3. The highest BCUT2D eigenvalue weighted by Gasteiger charge is 2.42. The first-order valence-electron chi connectivity index (χ1n) is 6.53. The van der Waals surface area contributed by atoms with E-state index in [9.17, 15) is 9.59 Å². The summed E-state index contributed by atoms with van der Waals surface area (Å²) < 4.78 is 4.78. The quantitative estimate of drug-likeness (QED) is 0.594. The van der Waals surface area contributed by atoms with Crippen molar-refractivity contribution in [2.75, 3.05) is 6.61 Å². The first kappa shape index (κ1) is 14.1. The van der Waals surface area contributed by atoms with Crippen molar-refractivity contribution in [2.45, 2.75) is 26.2 Å². The van der Waals surface area contributed by atoms with Gasteiger partial charge in [-0.15, -0.1) is 0 Å². The smallest absolute Gasteiger partial charge is 0.313 e.